The number of halogens is 1. The molecule has 0 spiro atoms. The van der Waals surface area contributed by atoms with Crippen molar-refractivity contribution in [2.24, 2.45) is 10.9 Å². The Morgan fingerprint density at radius 1 is 1.19 bits per heavy atom. The first-order valence-electron chi connectivity index (χ1n) is 8.47. The number of rotatable bonds is 8. The maximum atomic E-state index is 4.31. The number of piperidine rings is 1. The molecule has 0 aromatic carbocycles. The van der Waals surface area contributed by atoms with Crippen LogP contribution in [0.15, 0.2) is 4.99 Å². The van der Waals surface area contributed by atoms with E-state index in [4.69, 9.17) is 0 Å². The predicted octanol–water partition coefficient (Wildman–Crippen LogP) is 3.08. The summed E-state index contributed by atoms with van der Waals surface area (Å²) < 4.78 is 0. The van der Waals surface area contributed by atoms with Crippen LogP contribution in [0.1, 0.15) is 52.4 Å². The van der Waals surface area contributed by atoms with Crippen LogP contribution in [-0.4, -0.2) is 50.6 Å². The van der Waals surface area contributed by atoms with Crippen LogP contribution in [0.4, 0.5) is 0 Å². The van der Waals surface area contributed by atoms with Crippen LogP contribution < -0.4 is 10.6 Å². The lowest BCUT2D eigenvalue weighted by atomic mass is 9.98. The fourth-order valence-corrected chi connectivity index (χ4v) is 2.83. The summed E-state index contributed by atoms with van der Waals surface area (Å²) in [7, 11) is 1.86. The van der Waals surface area contributed by atoms with Gasteiger partial charge in [0.1, 0.15) is 0 Å². The Bertz CT molecular complexity index is 271. The molecule has 4 nitrogen and oxygen atoms in total. The summed E-state index contributed by atoms with van der Waals surface area (Å²) in [6.45, 7) is 10.3. The second kappa shape index (κ2) is 13.6. The first-order valence-corrected chi connectivity index (χ1v) is 8.47. The quantitative estimate of drug-likeness (QED) is 0.280. The van der Waals surface area contributed by atoms with Crippen LogP contribution >= 0.6 is 24.0 Å². The van der Waals surface area contributed by atoms with E-state index in [0.717, 1.165) is 25.0 Å². The molecule has 126 valence electrons. The van der Waals surface area contributed by atoms with Gasteiger partial charge in [-0.25, -0.2) is 0 Å². The molecule has 0 saturated carbocycles. The Morgan fingerprint density at radius 3 is 2.67 bits per heavy atom. The van der Waals surface area contributed by atoms with E-state index in [2.05, 4.69) is 34.4 Å². The normalized spacial score (nSPS) is 20.0. The Labute approximate surface area is 148 Å². The second-order valence-corrected chi connectivity index (χ2v) is 5.84. The molecule has 1 rings (SSSR count). The molecule has 2 N–H and O–H groups in total. The highest BCUT2D eigenvalue weighted by molar-refractivity contribution is 14.0. The van der Waals surface area contributed by atoms with Gasteiger partial charge in [-0.1, -0.05) is 33.1 Å². The third kappa shape index (κ3) is 9.55. The Hall–Kier alpha value is -0.0400. The van der Waals surface area contributed by atoms with Crippen molar-refractivity contribution in [3.05, 3.63) is 0 Å². The fraction of sp³-hybridized carbons (Fsp3) is 0.938. The molecular formula is C16H35IN4. The Balaban J connectivity index is 0.00000400. The molecule has 1 fully saturated rings. The summed E-state index contributed by atoms with van der Waals surface area (Å²) >= 11 is 0. The van der Waals surface area contributed by atoms with Crippen LogP contribution in [0.5, 0.6) is 0 Å². The number of hydrogen-bond donors (Lipinski definition) is 2. The largest absolute Gasteiger partial charge is 0.356 e. The average molecular weight is 410 g/mol. The maximum absolute atomic E-state index is 4.31. The third-order valence-electron chi connectivity index (χ3n) is 4.15. The second-order valence-electron chi connectivity index (χ2n) is 5.84. The van der Waals surface area contributed by atoms with Crippen LogP contribution in [0.3, 0.4) is 0 Å². The maximum Gasteiger partial charge on any atom is 0.190 e. The highest BCUT2D eigenvalue weighted by atomic mass is 127. The number of likely N-dealkylation sites (tertiary alicyclic amines) is 1. The van der Waals surface area contributed by atoms with Crippen molar-refractivity contribution in [2.75, 3.05) is 39.8 Å². The molecule has 1 heterocycles. The standard InChI is InChI=1S/C16H34N4.HI/c1-4-6-7-8-11-18-16(17-3)19-13-15-10-9-12-20(5-2)14-15;/h15H,4-14H2,1-3H3,(H2,17,18,19);1H. The van der Waals surface area contributed by atoms with E-state index in [0.29, 0.717) is 0 Å². The van der Waals surface area contributed by atoms with Crippen molar-refractivity contribution < 1.29 is 0 Å². The van der Waals surface area contributed by atoms with Crippen molar-refractivity contribution >= 4 is 29.9 Å². The van der Waals surface area contributed by atoms with E-state index in [-0.39, 0.29) is 24.0 Å². The van der Waals surface area contributed by atoms with Crippen molar-refractivity contribution in [2.45, 2.75) is 52.4 Å². The van der Waals surface area contributed by atoms with Gasteiger partial charge in [0.25, 0.3) is 0 Å². The number of nitrogens with one attached hydrogen (secondary N) is 2. The zero-order chi connectivity index (χ0) is 14.6. The Morgan fingerprint density at radius 2 is 2.00 bits per heavy atom. The molecule has 0 amide bonds. The molecule has 0 radical (unpaired) electrons. The molecule has 1 unspecified atom stereocenters. The molecule has 1 aliphatic rings. The zero-order valence-electron chi connectivity index (χ0n) is 14.2. The van der Waals surface area contributed by atoms with Gasteiger partial charge in [0.2, 0.25) is 0 Å². The topological polar surface area (TPSA) is 39.7 Å². The van der Waals surface area contributed by atoms with E-state index in [1.807, 2.05) is 7.05 Å². The van der Waals surface area contributed by atoms with E-state index < -0.39 is 0 Å². The number of nitrogens with zero attached hydrogens (tertiary/aromatic N) is 2. The molecule has 5 heteroatoms. The SMILES string of the molecule is CCCCCCNC(=NC)NCC1CCCN(CC)C1.I. The van der Waals surface area contributed by atoms with Gasteiger partial charge in [-0.2, -0.15) is 0 Å². The molecular weight excluding hydrogens is 375 g/mol. The van der Waals surface area contributed by atoms with Crippen LogP contribution in [0.25, 0.3) is 0 Å². The number of hydrogen-bond acceptors (Lipinski definition) is 2. The van der Waals surface area contributed by atoms with Crippen molar-refractivity contribution in [1.82, 2.24) is 15.5 Å². The van der Waals surface area contributed by atoms with E-state index in [1.165, 1.54) is 58.2 Å². The Kier molecular flexibility index (Phi) is 13.6. The zero-order valence-corrected chi connectivity index (χ0v) is 16.5. The highest BCUT2D eigenvalue weighted by Crippen LogP contribution is 2.14. The number of guanidine groups is 1. The van der Waals surface area contributed by atoms with Gasteiger partial charge >= 0.3 is 0 Å². The summed E-state index contributed by atoms with van der Waals surface area (Å²) in [5.74, 6) is 1.73. The van der Waals surface area contributed by atoms with Gasteiger partial charge in [0.15, 0.2) is 5.96 Å². The lowest BCUT2D eigenvalue weighted by Gasteiger charge is -2.32. The summed E-state index contributed by atoms with van der Waals surface area (Å²) in [4.78, 5) is 6.86. The van der Waals surface area contributed by atoms with Crippen molar-refractivity contribution in [1.29, 1.82) is 0 Å². The summed E-state index contributed by atoms with van der Waals surface area (Å²) in [5.41, 5.74) is 0. The molecule has 0 aliphatic carbocycles. The summed E-state index contributed by atoms with van der Waals surface area (Å²) in [6, 6.07) is 0. The van der Waals surface area contributed by atoms with Gasteiger partial charge in [-0.3, -0.25) is 4.99 Å². The minimum absolute atomic E-state index is 0. The van der Waals surface area contributed by atoms with Gasteiger partial charge in [-0.15, -0.1) is 24.0 Å². The lowest BCUT2D eigenvalue weighted by Crippen LogP contribution is -2.44. The fourth-order valence-electron chi connectivity index (χ4n) is 2.83. The molecule has 1 aliphatic heterocycles. The van der Waals surface area contributed by atoms with E-state index >= 15 is 0 Å². The van der Waals surface area contributed by atoms with E-state index in [1.54, 1.807) is 0 Å². The van der Waals surface area contributed by atoms with Gasteiger partial charge < -0.3 is 15.5 Å². The molecule has 21 heavy (non-hydrogen) atoms. The lowest BCUT2D eigenvalue weighted by molar-refractivity contribution is 0.183. The number of unbranched alkanes of at least 4 members (excludes halogenated alkanes) is 3. The summed E-state index contributed by atoms with van der Waals surface area (Å²) in [6.07, 6.45) is 7.86. The first-order chi connectivity index (χ1) is 9.80. The monoisotopic (exact) mass is 410 g/mol. The van der Waals surface area contributed by atoms with Crippen molar-refractivity contribution in [3.8, 4) is 0 Å². The molecule has 0 aromatic heterocycles. The molecule has 1 saturated heterocycles. The minimum Gasteiger partial charge on any atom is -0.356 e. The minimum atomic E-state index is 0. The van der Waals surface area contributed by atoms with Crippen LogP contribution in [-0.2, 0) is 0 Å². The van der Waals surface area contributed by atoms with Crippen molar-refractivity contribution in [3.63, 3.8) is 0 Å². The molecule has 0 bridgehead atoms. The van der Waals surface area contributed by atoms with E-state index in [9.17, 15) is 0 Å². The summed E-state index contributed by atoms with van der Waals surface area (Å²) in [5, 5.41) is 6.91. The smallest absolute Gasteiger partial charge is 0.190 e. The third-order valence-corrected chi connectivity index (χ3v) is 4.15. The average Bonchev–Trinajstić information content (AvgIpc) is 2.50. The molecule has 1 atom stereocenters. The predicted molar refractivity (Wildman–Crippen MR) is 104 cm³/mol. The van der Waals surface area contributed by atoms with Gasteiger partial charge in [-0.05, 0) is 38.3 Å². The van der Waals surface area contributed by atoms with Gasteiger partial charge in [0, 0.05) is 26.7 Å². The van der Waals surface area contributed by atoms with Gasteiger partial charge in [0.05, 0.1) is 0 Å². The highest BCUT2D eigenvalue weighted by Gasteiger charge is 2.18. The molecule has 0 aromatic rings. The first kappa shape index (κ1) is 21.0. The van der Waals surface area contributed by atoms with Crippen LogP contribution in [0, 0.1) is 5.92 Å². The number of aliphatic imine (C=N–C) groups is 1. The van der Waals surface area contributed by atoms with Crippen LogP contribution in [0.2, 0.25) is 0 Å².